The number of rotatable bonds is 9. The summed E-state index contributed by atoms with van der Waals surface area (Å²) in [6.07, 6.45) is 3.24. The molecule has 0 aromatic carbocycles. The second-order valence-corrected chi connectivity index (χ2v) is 5.84. The number of carbonyl (C=O) groups is 1. The Hall–Kier alpha value is -1.43. The summed E-state index contributed by atoms with van der Waals surface area (Å²) in [5.41, 5.74) is 1.29. The largest absolute Gasteiger partial charge is 0.461 e. The number of ether oxygens (including phenoxy) is 2. The average molecular weight is 295 g/mol. The van der Waals surface area contributed by atoms with Crippen molar-refractivity contribution < 1.29 is 14.3 Å². The molecule has 1 aliphatic carbocycles. The van der Waals surface area contributed by atoms with Gasteiger partial charge in [-0.25, -0.2) is 9.48 Å². The summed E-state index contributed by atoms with van der Waals surface area (Å²) in [5.74, 6) is 0.676. The lowest BCUT2D eigenvalue weighted by Gasteiger charge is -2.08. The van der Waals surface area contributed by atoms with E-state index in [9.17, 15) is 4.79 Å². The van der Waals surface area contributed by atoms with Crippen LogP contribution in [0.3, 0.4) is 0 Å². The van der Waals surface area contributed by atoms with E-state index in [1.54, 1.807) is 11.6 Å². The molecule has 1 fully saturated rings. The van der Waals surface area contributed by atoms with Gasteiger partial charge in [0.05, 0.1) is 25.5 Å². The van der Waals surface area contributed by atoms with Crippen LogP contribution in [0.1, 0.15) is 62.1 Å². The van der Waals surface area contributed by atoms with Crippen LogP contribution in [-0.2, 0) is 16.0 Å². The number of hydrogen-bond donors (Lipinski definition) is 0. The van der Waals surface area contributed by atoms with E-state index < -0.39 is 0 Å². The highest BCUT2D eigenvalue weighted by Crippen LogP contribution is 2.41. The van der Waals surface area contributed by atoms with Gasteiger partial charge >= 0.3 is 5.97 Å². The Morgan fingerprint density at radius 1 is 1.38 bits per heavy atom. The number of aromatic nitrogens is 3. The Labute approximate surface area is 125 Å². The highest BCUT2D eigenvalue weighted by molar-refractivity contribution is 5.88. The molecule has 0 amide bonds. The van der Waals surface area contributed by atoms with E-state index in [2.05, 4.69) is 24.2 Å². The maximum absolute atomic E-state index is 11.9. The Morgan fingerprint density at radius 2 is 2.14 bits per heavy atom. The van der Waals surface area contributed by atoms with Crippen molar-refractivity contribution in [1.82, 2.24) is 15.0 Å². The molecule has 0 radical (unpaired) electrons. The van der Waals surface area contributed by atoms with Crippen LogP contribution in [0.15, 0.2) is 0 Å². The third-order valence-corrected chi connectivity index (χ3v) is 3.49. The van der Waals surface area contributed by atoms with Crippen LogP contribution in [0.25, 0.3) is 0 Å². The monoisotopic (exact) mass is 295 g/mol. The number of hydrogen-bond acceptors (Lipinski definition) is 5. The maximum atomic E-state index is 11.9. The summed E-state index contributed by atoms with van der Waals surface area (Å²) in [7, 11) is 0. The molecule has 1 saturated carbocycles. The second-order valence-electron chi connectivity index (χ2n) is 5.84. The van der Waals surface area contributed by atoms with Crippen LogP contribution < -0.4 is 0 Å². The minimum absolute atomic E-state index is 0.355. The minimum Gasteiger partial charge on any atom is -0.461 e. The Bertz CT molecular complexity index is 467. The number of esters is 1. The summed E-state index contributed by atoms with van der Waals surface area (Å²) >= 11 is 0. The first-order valence-electron chi connectivity index (χ1n) is 7.81. The first-order chi connectivity index (χ1) is 10.1. The van der Waals surface area contributed by atoms with E-state index in [1.807, 2.05) is 0 Å². The third-order valence-electron chi connectivity index (χ3n) is 3.49. The van der Waals surface area contributed by atoms with E-state index in [-0.39, 0.29) is 5.97 Å². The topological polar surface area (TPSA) is 66.2 Å². The SMILES string of the molecule is CCOC(=O)c1nnn(CCOCCC(C)C)c1C1CC1. The smallest absolute Gasteiger partial charge is 0.360 e. The normalized spacial score (nSPS) is 14.7. The lowest BCUT2D eigenvalue weighted by atomic mass is 10.1. The highest BCUT2D eigenvalue weighted by atomic mass is 16.5. The van der Waals surface area contributed by atoms with Gasteiger partial charge in [-0.1, -0.05) is 19.1 Å². The Morgan fingerprint density at radius 3 is 2.76 bits per heavy atom. The fourth-order valence-corrected chi connectivity index (χ4v) is 2.16. The molecule has 2 rings (SSSR count). The van der Waals surface area contributed by atoms with Crippen molar-refractivity contribution in [2.24, 2.45) is 5.92 Å². The van der Waals surface area contributed by atoms with E-state index >= 15 is 0 Å². The van der Waals surface area contributed by atoms with Crippen molar-refractivity contribution in [2.45, 2.75) is 52.5 Å². The van der Waals surface area contributed by atoms with Gasteiger partial charge in [0.15, 0.2) is 5.69 Å². The van der Waals surface area contributed by atoms with Gasteiger partial charge in [0.1, 0.15) is 0 Å². The van der Waals surface area contributed by atoms with E-state index in [0.717, 1.165) is 31.6 Å². The van der Waals surface area contributed by atoms with Crippen molar-refractivity contribution in [2.75, 3.05) is 19.8 Å². The van der Waals surface area contributed by atoms with Gasteiger partial charge in [-0.3, -0.25) is 0 Å². The van der Waals surface area contributed by atoms with E-state index in [4.69, 9.17) is 9.47 Å². The summed E-state index contributed by atoms with van der Waals surface area (Å²) in [4.78, 5) is 11.9. The van der Waals surface area contributed by atoms with Gasteiger partial charge in [-0.2, -0.15) is 0 Å². The van der Waals surface area contributed by atoms with Crippen LogP contribution in [0, 0.1) is 5.92 Å². The van der Waals surface area contributed by atoms with Gasteiger partial charge in [0.2, 0.25) is 0 Å². The molecule has 1 aromatic rings. The molecule has 0 aliphatic heterocycles. The molecule has 118 valence electrons. The first-order valence-corrected chi connectivity index (χ1v) is 7.81. The molecule has 21 heavy (non-hydrogen) atoms. The van der Waals surface area contributed by atoms with Crippen LogP contribution in [0.5, 0.6) is 0 Å². The molecule has 6 nitrogen and oxygen atoms in total. The van der Waals surface area contributed by atoms with Gasteiger partial charge in [0.25, 0.3) is 0 Å². The summed E-state index contributed by atoms with van der Waals surface area (Å²) in [5, 5.41) is 8.11. The average Bonchev–Trinajstić information content (AvgIpc) is 3.19. The van der Waals surface area contributed by atoms with Crippen LogP contribution in [0.4, 0.5) is 0 Å². The molecule has 0 unspecified atom stereocenters. The van der Waals surface area contributed by atoms with Crippen molar-refractivity contribution in [3.05, 3.63) is 11.4 Å². The Kier molecular flexibility index (Phi) is 5.73. The molecule has 1 aliphatic rings. The van der Waals surface area contributed by atoms with Crippen LogP contribution >= 0.6 is 0 Å². The molecule has 0 saturated heterocycles. The van der Waals surface area contributed by atoms with Crippen molar-refractivity contribution in [3.63, 3.8) is 0 Å². The predicted molar refractivity (Wildman–Crippen MR) is 78.2 cm³/mol. The number of carbonyl (C=O) groups excluding carboxylic acids is 1. The lowest BCUT2D eigenvalue weighted by molar-refractivity contribution is 0.0517. The summed E-state index contributed by atoms with van der Waals surface area (Å²) in [6, 6.07) is 0. The first kappa shape index (κ1) is 15.9. The maximum Gasteiger partial charge on any atom is 0.360 e. The van der Waals surface area contributed by atoms with Gasteiger partial charge < -0.3 is 9.47 Å². The molecule has 0 N–H and O–H groups in total. The standard InChI is InChI=1S/C15H25N3O3/c1-4-21-15(19)13-14(12-5-6-12)18(17-16-13)8-10-20-9-7-11(2)3/h11-12H,4-10H2,1-3H3. The summed E-state index contributed by atoms with van der Waals surface area (Å²) < 4.78 is 12.5. The van der Waals surface area contributed by atoms with Crippen molar-refractivity contribution in [1.29, 1.82) is 0 Å². The molecule has 0 bridgehead atoms. The van der Waals surface area contributed by atoms with Gasteiger partial charge in [-0.05, 0) is 32.1 Å². The fraction of sp³-hybridized carbons (Fsp3) is 0.800. The quantitative estimate of drug-likeness (QED) is 0.517. The fourth-order valence-electron chi connectivity index (χ4n) is 2.16. The number of nitrogens with zero attached hydrogens (tertiary/aromatic N) is 3. The van der Waals surface area contributed by atoms with E-state index in [1.165, 1.54) is 0 Å². The molecular weight excluding hydrogens is 270 g/mol. The molecule has 0 spiro atoms. The molecule has 6 heteroatoms. The second kappa shape index (κ2) is 7.54. The zero-order chi connectivity index (χ0) is 15.2. The highest BCUT2D eigenvalue weighted by Gasteiger charge is 2.34. The van der Waals surface area contributed by atoms with Gasteiger partial charge in [0, 0.05) is 12.5 Å². The molecular formula is C15H25N3O3. The zero-order valence-electron chi connectivity index (χ0n) is 13.2. The van der Waals surface area contributed by atoms with E-state index in [0.29, 0.717) is 37.3 Å². The third kappa shape index (κ3) is 4.52. The van der Waals surface area contributed by atoms with Crippen LogP contribution in [0.2, 0.25) is 0 Å². The van der Waals surface area contributed by atoms with Crippen molar-refractivity contribution >= 4 is 5.97 Å². The van der Waals surface area contributed by atoms with Gasteiger partial charge in [-0.15, -0.1) is 5.10 Å². The molecule has 1 aromatic heterocycles. The Balaban J connectivity index is 1.92. The lowest BCUT2D eigenvalue weighted by Crippen LogP contribution is -2.13. The minimum atomic E-state index is -0.369. The van der Waals surface area contributed by atoms with Crippen LogP contribution in [-0.4, -0.2) is 40.8 Å². The summed E-state index contributed by atoms with van der Waals surface area (Å²) in [6.45, 7) is 8.50. The molecule has 0 atom stereocenters. The van der Waals surface area contributed by atoms with Crippen molar-refractivity contribution in [3.8, 4) is 0 Å². The predicted octanol–water partition coefficient (Wildman–Crippen LogP) is 2.39. The zero-order valence-corrected chi connectivity index (χ0v) is 13.2. The molecule has 1 heterocycles.